The number of rotatable bonds is 5. The van der Waals surface area contributed by atoms with Gasteiger partial charge in [0.15, 0.2) is 0 Å². The number of nitrogens with one attached hydrogen (secondary N) is 1. The van der Waals surface area contributed by atoms with Gasteiger partial charge in [-0.2, -0.15) is 17.4 Å². The molecule has 2 aliphatic rings. The van der Waals surface area contributed by atoms with E-state index in [1.165, 1.54) is 19.3 Å². The molecule has 1 aliphatic heterocycles. The number of nitrogens with two attached hydrogens (primary N) is 1. The molecule has 2 rings (SSSR count). The molecule has 1 heterocycles. The molecule has 3 N–H and O–H groups in total. The molecule has 0 aromatic rings. The predicted octanol–water partition coefficient (Wildman–Crippen LogP) is 2.03. The average Bonchev–Trinajstić information content (AvgIpc) is 2.75. The average molecular weight is 340 g/mol. The Labute approximate surface area is 135 Å². The van der Waals surface area contributed by atoms with Crippen LogP contribution in [0, 0.1) is 5.92 Å². The van der Waals surface area contributed by atoms with Gasteiger partial charge >= 0.3 is 0 Å². The van der Waals surface area contributed by atoms with Crippen molar-refractivity contribution in [3.63, 3.8) is 0 Å². The third-order valence-electron chi connectivity index (χ3n) is 4.68. The second-order valence-corrected chi connectivity index (χ2v) is 7.88. The highest BCUT2D eigenvalue weighted by atomic mass is 35.5. The summed E-state index contributed by atoms with van der Waals surface area (Å²) in [5, 5.41) is 0. The van der Waals surface area contributed by atoms with Crippen LogP contribution in [0.5, 0.6) is 0 Å². The molecule has 0 aromatic heterocycles. The normalized spacial score (nSPS) is 24.0. The van der Waals surface area contributed by atoms with E-state index in [9.17, 15) is 8.42 Å². The number of hydrogen-bond acceptors (Lipinski definition) is 3. The van der Waals surface area contributed by atoms with Crippen LogP contribution in [0.15, 0.2) is 0 Å². The Hall–Kier alpha value is 0.120. The Kier molecular flexibility index (Phi) is 8.49. The van der Waals surface area contributed by atoms with E-state index < -0.39 is 10.2 Å². The first-order chi connectivity index (χ1) is 9.63. The van der Waals surface area contributed by atoms with Crippen LogP contribution < -0.4 is 10.5 Å². The van der Waals surface area contributed by atoms with Crippen LogP contribution in [0.25, 0.3) is 0 Å². The van der Waals surface area contributed by atoms with Gasteiger partial charge in [-0.3, -0.25) is 0 Å². The van der Waals surface area contributed by atoms with Gasteiger partial charge in [0.1, 0.15) is 0 Å². The van der Waals surface area contributed by atoms with Crippen molar-refractivity contribution >= 4 is 22.6 Å². The third-order valence-corrected chi connectivity index (χ3v) is 6.32. The largest absolute Gasteiger partial charge is 0.329 e. The van der Waals surface area contributed by atoms with E-state index in [4.69, 9.17) is 5.73 Å². The van der Waals surface area contributed by atoms with Crippen LogP contribution in [0.4, 0.5) is 0 Å². The summed E-state index contributed by atoms with van der Waals surface area (Å²) < 4.78 is 29.5. The molecule has 1 aliphatic carbocycles. The molecule has 0 spiro atoms. The Bertz CT molecular complexity index is 378. The summed E-state index contributed by atoms with van der Waals surface area (Å²) in [6.45, 7) is 1.70. The van der Waals surface area contributed by atoms with E-state index in [1.54, 1.807) is 4.31 Å². The molecule has 0 bridgehead atoms. The molecular weight excluding hydrogens is 310 g/mol. The maximum Gasteiger partial charge on any atom is 0.279 e. The molecule has 1 saturated heterocycles. The third kappa shape index (κ3) is 5.67. The highest BCUT2D eigenvalue weighted by molar-refractivity contribution is 7.87. The van der Waals surface area contributed by atoms with Gasteiger partial charge in [0.05, 0.1) is 0 Å². The highest BCUT2D eigenvalue weighted by Gasteiger charge is 2.30. The van der Waals surface area contributed by atoms with Crippen LogP contribution in [-0.2, 0) is 10.2 Å². The number of hydrogen-bond donors (Lipinski definition) is 2. The maximum atomic E-state index is 12.5. The van der Waals surface area contributed by atoms with Crippen molar-refractivity contribution in [1.82, 2.24) is 9.03 Å². The van der Waals surface area contributed by atoms with Gasteiger partial charge in [0.2, 0.25) is 0 Å². The first-order valence-electron chi connectivity index (χ1n) is 8.11. The predicted molar refractivity (Wildman–Crippen MR) is 88.8 cm³/mol. The Morgan fingerprint density at radius 3 is 2.05 bits per heavy atom. The van der Waals surface area contributed by atoms with E-state index in [1.807, 2.05) is 0 Å². The minimum Gasteiger partial charge on any atom is -0.329 e. The highest BCUT2D eigenvalue weighted by Crippen LogP contribution is 2.26. The molecule has 1 atom stereocenters. The van der Waals surface area contributed by atoms with Crippen molar-refractivity contribution in [2.75, 3.05) is 19.6 Å². The summed E-state index contributed by atoms with van der Waals surface area (Å²) in [4.78, 5) is 0. The zero-order valence-corrected chi connectivity index (χ0v) is 14.4. The Morgan fingerprint density at radius 2 is 1.52 bits per heavy atom. The van der Waals surface area contributed by atoms with Crippen LogP contribution in [0.2, 0.25) is 0 Å². The van der Waals surface area contributed by atoms with E-state index in [-0.39, 0.29) is 18.4 Å². The molecule has 21 heavy (non-hydrogen) atoms. The standard InChI is InChI=1S/C14H29N3O2S.ClH/c15-12-14(13-8-4-3-5-9-13)16-20(18,19)17-10-6-1-2-7-11-17;/h13-14,16H,1-12,15H2;1H. The van der Waals surface area contributed by atoms with Crippen molar-refractivity contribution in [2.24, 2.45) is 11.7 Å². The first-order valence-corrected chi connectivity index (χ1v) is 9.55. The maximum absolute atomic E-state index is 12.5. The van der Waals surface area contributed by atoms with Crippen molar-refractivity contribution in [3.05, 3.63) is 0 Å². The van der Waals surface area contributed by atoms with E-state index in [0.29, 0.717) is 25.6 Å². The van der Waals surface area contributed by atoms with Gasteiger partial charge in [-0.15, -0.1) is 12.4 Å². The van der Waals surface area contributed by atoms with Crippen molar-refractivity contribution in [2.45, 2.75) is 63.8 Å². The Balaban J connectivity index is 0.00000220. The lowest BCUT2D eigenvalue weighted by Crippen LogP contribution is -2.51. The summed E-state index contributed by atoms with van der Waals surface area (Å²) in [6, 6.07) is -0.0939. The number of nitrogens with zero attached hydrogens (tertiary/aromatic N) is 1. The second kappa shape index (κ2) is 9.30. The van der Waals surface area contributed by atoms with Crippen molar-refractivity contribution < 1.29 is 8.42 Å². The van der Waals surface area contributed by atoms with Gasteiger partial charge in [-0.25, -0.2) is 0 Å². The fraction of sp³-hybridized carbons (Fsp3) is 1.00. The molecule has 1 unspecified atom stereocenters. The first kappa shape index (κ1) is 19.2. The van der Waals surface area contributed by atoms with E-state index >= 15 is 0 Å². The molecule has 0 amide bonds. The zero-order chi connectivity index (χ0) is 14.4. The van der Waals surface area contributed by atoms with Gasteiger partial charge in [-0.1, -0.05) is 32.1 Å². The topological polar surface area (TPSA) is 75.4 Å². The minimum atomic E-state index is -3.36. The van der Waals surface area contributed by atoms with Gasteiger partial charge in [0, 0.05) is 25.7 Å². The number of halogens is 1. The Morgan fingerprint density at radius 1 is 1.00 bits per heavy atom. The second-order valence-electron chi connectivity index (χ2n) is 6.18. The van der Waals surface area contributed by atoms with E-state index in [0.717, 1.165) is 38.5 Å². The SMILES string of the molecule is Cl.NCC(NS(=O)(=O)N1CCCCCC1)C1CCCCC1. The van der Waals surface area contributed by atoms with Crippen LogP contribution in [0.3, 0.4) is 0 Å². The quantitative estimate of drug-likeness (QED) is 0.804. The minimum absolute atomic E-state index is 0. The van der Waals surface area contributed by atoms with Crippen molar-refractivity contribution in [3.8, 4) is 0 Å². The summed E-state index contributed by atoms with van der Waals surface area (Å²) in [7, 11) is -3.36. The van der Waals surface area contributed by atoms with Crippen LogP contribution >= 0.6 is 12.4 Å². The fourth-order valence-corrected chi connectivity index (χ4v) is 4.98. The molecule has 2 fully saturated rings. The molecule has 0 radical (unpaired) electrons. The summed E-state index contributed by atoms with van der Waals surface area (Å²) in [6.07, 6.45) is 10.1. The van der Waals surface area contributed by atoms with Gasteiger partial charge < -0.3 is 5.73 Å². The summed E-state index contributed by atoms with van der Waals surface area (Å²) in [5.41, 5.74) is 5.83. The molecular formula is C14H30ClN3O2S. The molecule has 7 heteroatoms. The van der Waals surface area contributed by atoms with Crippen molar-refractivity contribution in [1.29, 1.82) is 0 Å². The monoisotopic (exact) mass is 339 g/mol. The van der Waals surface area contributed by atoms with E-state index in [2.05, 4.69) is 4.72 Å². The lowest BCUT2D eigenvalue weighted by Gasteiger charge is -2.31. The fourth-order valence-electron chi connectivity index (χ4n) is 3.42. The molecule has 126 valence electrons. The smallest absolute Gasteiger partial charge is 0.279 e. The van der Waals surface area contributed by atoms with Gasteiger partial charge in [-0.05, 0) is 31.6 Å². The molecule has 0 aromatic carbocycles. The molecule has 1 saturated carbocycles. The van der Waals surface area contributed by atoms with Crippen LogP contribution in [0.1, 0.15) is 57.8 Å². The summed E-state index contributed by atoms with van der Waals surface area (Å²) >= 11 is 0. The summed E-state index contributed by atoms with van der Waals surface area (Å²) in [5.74, 6) is 0.413. The van der Waals surface area contributed by atoms with Gasteiger partial charge in [0.25, 0.3) is 10.2 Å². The zero-order valence-electron chi connectivity index (χ0n) is 12.8. The lowest BCUT2D eigenvalue weighted by molar-refractivity contribution is 0.288. The van der Waals surface area contributed by atoms with Crippen LogP contribution in [-0.4, -0.2) is 38.4 Å². The lowest BCUT2D eigenvalue weighted by atomic mass is 9.84. The molecule has 5 nitrogen and oxygen atoms in total.